The molecule has 0 bridgehead atoms. The third-order valence-electron chi connectivity index (χ3n) is 3.06. The molecule has 0 fully saturated rings. The van der Waals surface area contributed by atoms with E-state index in [9.17, 15) is 5.11 Å². The molecule has 1 N–H and O–H groups in total. The van der Waals surface area contributed by atoms with Gasteiger partial charge in [0.05, 0.1) is 13.2 Å². The molecule has 0 unspecified atom stereocenters. The molecule has 0 aliphatic heterocycles. The molecule has 0 spiro atoms. The van der Waals surface area contributed by atoms with E-state index in [4.69, 9.17) is 9.47 Å². The molecule has 5 heteroatoms. The number of halogens is 2. The lowest BCUT2D eigenvalue weighted by Crippen LogP contribution is -2.02. The SMILES string of the molecule is COc1ccc(Br)c(COc2cc(Br)ccc2[C@@H](C)O)c1. The van der Waals surface area contributed by atoms with Crippen LogP contribution in [0.15, 0.2) is 45.3 Å². The molecule has 0 aliphatic rings. The van der Waals surface area contributed by atoms with E-state index in [0.29, 0.717) is 12.4 Å². The zero-order valence-electron chi connectivity index (χ0n) is 11.8. The molecule has 0 heterocycles. The summed E-state index contributed by atoms with van der Waals surface area (Å²) in [4.78, 5) is 0. The minimum Gasteiger partial charge on any atom is -0.497 e. The van der Waals surface area contributed by atoms with Gasteiger partial charge in [0.25, 0.3) is 0 Å². The summed E-state index contributed by atoms with van der Waals surface area (Å²) in [7, 11) is 1.63. The summed E-state index contributed by atoms with van der Waals surface area (Å²) in [6, 6.07) is 11.3. The van der Waals surface area contributed by atoms with Gasteiger partial charge in [0.15, 0.2) is 0 Å². The fraction of sp³-hybridized carbons (Fsp3) is 0.250. The lowest BCUT2D eigenvalue weighted by atomic mass is 10.1. The van der Waals surface area contributed by atoms with E-state index < -0.39 is 6.10 Å². The molecule has 2 aromatic rings. The van der Waals surface area contributed by atoms with Gasteiger partial charge in [0.1, 0.15) is 18.1 Å². The second-order valence-corrected chi connectivity index (χ2v) is 6.37. The first-order valence-electron chi connectivity index (χ1n) is 6.44. The van der Waals surface area contributed by atoms with Crippen LogP contribution in [-0.4, -0.2) is 12.2 Å². The number of hydrogen-bond acceptors (Lipinski definition) is 3. The van der Waals surface area contributed by atoms with E-state index in [1.807, 2.05) is 36.4 Å². The van der Waals surface area contributed by atoms with Crippen molar-refractivity contribution in [1.82, 2.24) is 0 Å². The summed E-state index contributed by atoms with van der Waals surface area (Å²) in [6.45, 7) is 2.10. The molecule has 3 nitrogen and oxygen atoms in total. The summed E-state index contributed by atoms with van der Waals surface area (Å²) in [5, 5.41) is 9.80. The van der Waals surface area contributed by atoms with Gasteiger partial charge in [0, 0.05) is 20.1 Å². The Morgan fingerprint density at radius 3 is 2.57 bits per heavy atom. The van der Waals surface area contributed by atoms with Gasteiger partial charge in [0.2, 0.25) is 0 Å². The molecule has 2 aromatic carbocycles. The Labute approximate surface area is 141 Å². The monoisotopic (exact) mass is 414 g/mol. The fourth-order valence-electron chi connectivity index (χ4n) is 1.92. The van der Waals surface area contributed by atoms with Gasteiger partial charge < -0.3 is 14.6 Å². The van der Waals surface area contributed by atoms with Gasteiger partial charge in [-0.25, -0.2) is 0 Å². The molecular formula is C16H16Br2O3. The average Bonchev–Trinajstić information content (AvgIpc) is 2.46. The third kappa shape index (κ3) is 4.22. The van der Waals surface area contributed by atoms with E-state index in [0.717, 1.165) is 25.8 Å². The maximum atomic E-state index is 9.80. The molecule has 0 saturated carbocycles. The van der Waals surface area contributed by atoms with Gasteiger partial charge in [-0.05, 0) is 37.3 Å². The molecule has 21 heavy (non-hydrogen) atoms. The number of ether oxygens (including phenoxy) is 2. The van der Waals surface area contributed by atoms with Crippen LogP contribution in [0.2, 0.25) is 0 Å². The van der Waals surface area contributed by atoms with E-state index in [1.54, 1.807) is 14.0 Å². The van der Waals surface area contributed by atoms with E-state index >= 15 is 0 Å². The second-order valence-electron chi connectivity index (χ2n) is 4.60. The highest BCUT2D eigenvalue weighted by atomic mass is 79.9. The first-order chi connectivity index (χ1) is 10.0. The zero-order valence-corrected chi connectivity index (χ0v) is 14.9. The fourth-order valence-corrected chi connectivity index (χ4v) is 2.62. The van der Waals surface area contributed by atoms with E-state index in [2.05, 4.69) is 31.9 Å². The smallest absolute Gasteiger partial charge is 0.126 e. The zero-order chi connectivity index (χ0) is 15.4. The minimum absolute atomic E-state index is 0.383. The maximum Gasteiger partial charge on any atom is 0.126 e. The highest BCUT2D eigenvalue weighted by Crippen LogP contribution is 2.30. The van der Waals surface area contributed by atoms with Crippen LogP contribution in [0.5, 0.6) is 11.5 Å². The van der Waals surface area contributed by atoms with Crippen molar-refractivity contribution in [3.63, 3.8) is 0 Å². The van der Waals surface area contributed by atoms with Crippen molar-refractivity contribution >= 4 is 31.9 Å². The van der Waals surface area contributed by atoms with Crippen molar-refractivity contribution in [2.45, 2.75) is 19.6 Å². The summed E-state index contributed by atoms with van der Waals surface area (Å²) in [6.07, 6.45) is -0.582. The molecule has 1 atom stereocenters. The predicted molar refractivity (Wildman–Crippen MR) is 89.8 cm³/mol. The van der Waals surface area contributed by atoms with Crippen LogP contribution in [0.4, 0.5) is 0 Å². The van der Waals surface area contributed by atoms with Crippen LogP contribution in [0, 0.1) is 0 Å². The van der Waals surface area contributed by atoms with Crippen LogP contribution in [0.25, 0.3) is 0 Å². The average molecular weight is 416 g/mol. The van der Waals surface area contributed by atoms with Gasteiger partial charge in [-0.15, -0.1) is 0 Å². The predicted octanol–water partition coefficient (Wildman–Crippen LogP) is 4.85. The molecule has 0 aliphatic carbocycles. The number of methoxy groups -OCH3 is 1. The number of rotatable bonds is 5. The van der Waals surface area contributed by atoms with Crippen molar-refractivity contribution < 1.29 is 14.6 Å². The topological polar surface area (TPSA) is 38.7 Å². The molecule has 2 rings (SSSR count). The van der Waals surface area contributed by atoms with Crippen LogP contribution in [0.1, 0.15) is 24.2 Å². The summed E-state index contributed by atoms with van der Waals surface area (Å²) < 4.78 is 13.0. The third-order valence-corrected chi connectivity index (χ3v) is 4.33. The number of hydrogen-bond donors (Lipinski definition) is 1. The van der Waals surface area contributed by atoms with E-state index in [1.165, 1.54) is 0 Å². The van der Waals surface area contributed by atoms with Crippen molar-refractivity contribution in [3.8, 4) is 11.5 Å². The number of benzene rings is 2. The highest BCUT2D eigenvalue weighted by Gasteiger charge is 2.11. The second kappa shape index (κ2) is 7.29. The maximum absolute atomic E-state index is 9.80. The van der Waals surface area contributed by atoms with Crippen molar-refractivity contribution in [1.29, 1.82) is 0 Å². The van der Waals surface area contributed by atoms with Gasteiger partial charge in [-0.1, -0.05) is 37.9 Å². The van der Waals surface area contributed by atoms with Crippen LogP contribution >= 0.6 is 31.9 Å². The van der Waals surface area contributed by atoms with Crippen LogP contribution < -0.4 is 9.47 Å². The standard InChI is InChI=1S/C16H16Br2O3/c1-10(19)14-5-3-12(17)8-16(14)21-9-11-7-13(20-2)4-6-15(11)18/h3-8,10,19H,9H2,1-2H3/t10-/m1/s1. The normalized spacial score (nSPS) is 12.0. The molecule has 0 aromatic heterocycles. The number of aliphatic hydroxyl groups is 1. The van der Waals surface area contributed by atoms with Gasteiger partial charge in [-0.2, -0.15) is 0 Å². The Morgan fingerprint density at radius 2 is 1.90 bits per heavy atom. The molecular weight excluding hydrogens is 400 g/mol. The number of aliphatic hydroxyl groups excluding tert-OH is 1. The molecule has 0 saturated heterocycles. The Balaban J connectivity index is 2.22. The first kappa shape index (κ1) is 16.3. The Kier molecular flexibility index (Phi) is 5.67. The summed E-state index contributed by atoms with van der Waals surface area (Å²) in [5.41, 5.74) is 1.74. The first-order valence-corrected chi connectivity index (χ1v) is 8.02. The Bertz CT molecular complexity index is 627. The van der Waals surface area contributed by atoms with Crippen molar-refractivity contribution in [2.24, 2.45) is 0 Å². The summed E-state index contributed by atoms with van der Waals surface area (Å²) in [5.74, 6) is 1.44. The van der Waals surface area contributed by atoms with Crippen molar-refractivity contribution in [3.05, 3.63) is 56.5 Å². The lowest BCUT2D eigenvalue weighted by molar-refractivity contribution is 0.190. The van der Waals surface area contributed by atoms with E-state index in [-0.39, 0.29) is 0 Å². The highest BCUT2D eigenvalue weighted by molar-refractivity contribution is 9.10. The van der Waals surface area contributed by atoms with Gasteiger partial charge in [-0.3, -0.25) is 0 Å². The Hall–Kier alpha value is -1.04. The van der Waals surface area contributed by atoms with Crippen LogP contribution in [0.3, 0.4) is 0 Å². The lowest BCUT2D eigenvalue weighted by Gasteiger charge is -2.15. The van der Waals surface area contributed by atoms with Crippen molar-refractivity contribution in [2.75, 3.05) is 7.11 Å². The largest absolute Gasteiger partial charge is 0.497 e. The molecule has 0 amide bonds. The minimum atomic E-state index is -0.582. The molecule has 0 radical (unpaired) electrons. The Morgan fingerprint density at radius 1 is 1.14 bits per heavy atom. The molecule has 112 valence electrons. The summed E-state index contributed by atoms with van der Waals surface area (Å²) >= 11 is 6.92. The quantitative estimate of drug-likeness (QED) is 0.758. The van der Waals surface area contributed by atoms with Gasteiger partial charge >= 0.3 is 0 Å². The van der Waals surface area contributed by atoms with Crippen LogP contribution in [-0.2, 0) is 6.61 Å².